The van der Waals surface area contributed by atoms with Gasteiger partial charge in [-0.2, -0.15) is 16.7 Å². The van der Waals surface area contributed by atoms with E-state index in [1.54, 1.807) is 0 Å². The van der Waals surface area contributed by atoms with E-state index in [0.29, 0.717) is 18.0 Å². The minimum absolute atomic E-state index is 0.293. The van der Waals surface area contributed by atoms with Gasteiger partial charge < -0.3 is 10.5 Å². The molecule has 0 spiro atoms. The van der Waals surface area contributed by atoms with Crippen LogP contribution in [-0.4, -0.2) is 27.6 Å². The number of rotatable bonds is 3. The number of nitrogen functional groups attached to an aromatic ring is 1. The maximum Gasteiger partial charge on any atom is 0.223 e. The summed E-state index contributed by atoms with van der Waals surface area (Å²) < 4.78 is 6.20. The Bertz CT molecular complexity index is 469. The van der Waals surface area contributed by atoms with Crippen molar-refractivity contribution >= 4 is 17.7 Å². The second-order valence-corrected chi connectivity index (χ2v) is 7.60. The summed E-state index contributed by atoms with van der Waals surface area (Å²) in [5, 5.41) is 0. The Morgan fingerprint density at radius 3 is 2.57 bits per heavy atom. The molecule has 2 aliphatic rings. The normalized spacial score (nSPS) is 27.5. The van der Waals surface area contributed by atoms with Gasteiger partial charge in [0.05, 0.1) is 0 Å². The van der Waals surface area contributed by atoms with Gasteiger partial charge in [0.25, 0.3) is 0 Å². The van der Waals surface area contributed by atoms with E-state index >= 15 is 0 Å². The third-order valence-electron chi connectivity index (χ3n) is 4.70. The Kier molecular flexibility index (Phi) is 4.88. The average molecular weight is 307 g/mol. The molecule has 0 aromatic carbocycles. The smallest absolute Gasteiger partial charge is 0.223 e. The van der Waals surface area contributed by atoms with Crippen LogP contribution in [-0.2, 0) is 0 Å². The first kappa shape index (κ1) is 14.9. The van der Waals surface area contributed by atoms with Gasteiger partial charge >= 0.3 is 0 Å². The fourth-order valence-electron chi connectivity index (χ4n) is 3.29. The maximum atomic E-state index is 6.20. The van der Waals surface area contributed by atoms with Gasteiger partial charge in [-0.15, -0.1) is 0 Å². The van der Waals surface area contributed by atoms with Crippen molar-refractivity contribution in [1.82, 2.24) is 9.97 Å². The molecule has 0 bridgehead atoms. The Balaban J connectivity index is 1.76. The Hall–Kier alpha value is -0.970. The van der Waals surface area contributed by atoms with E-state index in [2.05, 4.69) is 16.9 Å². The highest BCUT2D eigenvalue weighted by molar-refractivity contribution is 7.99. The van der Waals surface area contributed by atoms with E-state index in [1.165, 1.54) is 42.8 Å². The summed E-state index contributed by atoms with van der Waals surface area (Å²) in [6.07, 6.45) is 9.41. The van der Waals surface area contributed by atoms with Crippen molar-refractivity contribution in [2.24, 2.45) is 5.92 Å². The molecular weight excluding hydrogens is 282 g/mol. The van der Waals surface area contributed by atoms with Crippen molar-refractivity contribution in [2.75, 3.05) is 17.2 Å². The van der Waals surface area contributed by atoms with Crippen LogP contribution in [0, 0.1) is 5.92 Å². The molecule has 0 atom stereocenters. The Morgan fingerprint density at radius 1 is 1.14 bits per heavy atom. The number of hydrogen-bond donors (Lipinski definition) is 1. The molecule has 4 nitrogen and oxygen atoms in total. The lowest BCUT2D eigenvalue weighted by molar-refractivity contribution is 0.180. The molecule has 21 heavy (non-hydrogen) atoms. The molecule has 3 rings (SSSR count). The summed E-state index contributed by atoms with van der Waals surface area (Å²) >= 11 is 2.01. The summed E-state index contributed by atoms with van der Waals surface area (Å²) in [5.74, 6) is 4.82. The lowest BCUT2D eigenvalue weighted by atomic mass is 9.80. The molecular formula is C16H25N3OS. The molecule has 1 aromatic heterocycles. The van der Waals surface area contributed by atoms with E-state index in [0.717, 1.165) is 24.6 Å². The largest absolute Gasteiger partial charge is 0.474 e. The molecule has 1 aliphatic carbocycles. The molecule has 2 heterocycles. The zero-order valence-electron chi connectivity index (χ0n) is 12.8. The fraction of sp³-hybridized carbons (Fsp3) is 0.750. The second kappa shape index (κ2) is 6.86. The molecule has 2 N–H and O–H groups in total. The highest BCUT2D eigenvalue weighted by atomic mass is 32.2. The zero-order chi connectivity index (χ0) is 14.7. The Labute approximate surface area is 131 Å². The van der Waals surface area contributed by atoms with Crippen LogP contribution < -0.4 is 10.5 Å². The summed E-state index contributed by atoms with van der Waals surface area (Å²) in [4.78, 5) is 8.61. The first-order chi connectivity index (χ1) is 10.2. The van der Waals surface area contributed by atoms with Crippen molar-refractivity contribution in [2.45, 2.75) is 57.5 Å². The van der Waals surface area contributed by atoms with Crippen LogP contribution >= 0.6 is 11.8 Å². The van der Waals surface area contributed by atoms with Gasteiger partial charge in [0.15, 0.2) is 0 Å². The van der Waals surface area contributed by atoms with Crippen molar-refractivity contribution in [3.05, 3.63) is 11.8 Å². The van der Waals surface area contributed by atoms with Crippen LogP contribution in [0.25, 0.3) is 0 Å². The van der Waals surface area contributed by atoms with Gasteiger partial charge in [0, 0.05) is 11.8 Å². The first-order valence-electron chi connectivity index (χ1n) is 8.09. The molecule has 116 valence electrons. The molecule has 1 aliphatic heterocycles. The number of ether oxygens (including phenoxy) is 1. The van der Waals surface area contributed by atoms with Crippen LogP contribution in [0.15, 0.2) is 6.20 Å². The van der Waals surface area contributed by atoms with Crippen molar-refractivity contribution in [3.63, 3.8) is 0 Å². The van der Waals surface area contributed by atoms with Gasteiger partial charge in [-0.25, -0.2) is 4.98 Å². The van der Waals surface area contributed by atoms with Crippen molar-refractivity contribution in [1.29, 1.82) is 0 Å². The molecule has 2 fully saturated rings. The quantitative estimate of drug-likeness (QED) is 0.924. The maximum absolute atomic E-state index is 6.20. The summed E-state index contributed by atoms with van der Waals surface area (Å²) in [6, 6.07) is 0. The van der Waals surface area contributed by atoms with Crippen LogP contribution in [0.1, 0.15) is 56.9 Å². The lowest BCUT2D eigenvalue weighted by Crippen LogP contribution is -2.24. The van der Waals surface area contributed by atoms with E-state index in [1.807, 2.05) is 18.0 Å². The highest BCUT2D eigenvalue weighted by Gasteiger charge is 2.25. The van der Waals surface area contributed by atoms with Gasteiger partial charge in [-0.1, -0.05) is 19.8 Å². The van der Waals surface area contributed by atoms with Crippen LogP contribution in [0.2, 0.25) is 0 Å². The number of anilines is 1. The van der Waals surface area contributed by atoms with Crippen LogP contribution in [0.3, 0.4) is 0 Å². The predicted molar refractivity (Wildman–Crippen MR) is 87.8 cm³/mol. The number of nitrogens with two attached hydrogens (primary N) is 1. The molecule has 0 amide bonds. The summed E-state index contributed by atoms with van der Waals surface area (Å²) in [7, 11) is 0. The van der Waals surface area contributed by atoms with Gasteiger partial charge in [-0.05, 0) is 49.0 Å². The summed E-state index contributed by atoms with van der Waals surface area (Å²) in [6.45, 7) is 2.34. The van der Waals surface area contributed by atoms with Gasteiger partial charge in [0.2, 0.25) is 11.8 Å². The molecule has 1 saturated heterocycles. The van der Waals surface area contributed by atoms with Crippen LogP contribution in [0.4, 0.5) is 5.95 Å². The molecule has 0 radical (unpaired) electrons. The molecule has 1 saturated carbocycles. The summed E-state index contributed by atoms with van der Waals surface area (Å²) in [5.41, 5.74) is 6.95. The third-order valence-corrected chi connectivity index (χ3v) is 5.75. The fourth-order valence-corrected chi connectivity index (χ4v) is 4.35. The topological polar surface area (TPSA) is 61.0 Å². The SMILES string of the molecule is C[C@H]1CC[C@H](c2cnc(N)nc2OC2CCSCC2)CC1. The number of aromatic nitrogens is 2. The van der Waals surface area contributed by atoms with E-state index < -0.39 is 0 Å². The molecule has 1 aromatic rings. The number of nitrogens with zero attached hydrogens (tertiary/aromatic N) is 2. The van der Waals surface area contributed by atoms with Crippen molar-refractivity contribution < 1.29 is 4.74 Å². The molecule has 0 unspecified atom stereocenters. The standard InChI is InChI=1S/C16H25N3OS/c1-11-2-4-12(5-3-11)14-10-18-16(17)19-15(14)20-13-6-8-21-9-7-13/h10-13H,2-9H2,1H3,(H2,17,18,19)/t11-,12-. The van der Waals surface area contributed by atoms with Crippen LogP contribution in [0.5, 0.6) is 5.88 Å². The number of hydrogen-bond acceptors (Lipinski definition) is 5. The minimum Gasteiger partial charge on any atom is -0.474 e. The Morgan fingerprint density at radius 2 is 1.86 bits per heavy atom. The minimum atomic E-state index is 0.293. The zero-order valence-corrected chi connectivity index (χ0v) is 13.6. The second-order valence-electron chi connectivity index (χ2n) is 6.38. The number of thioether (sulfide) groups is 1. The lowest BCUT2D eigenvalue weighted by Gasteiger charge is -2.29. The highest BCUT2D eigenvalue weighted by Crippen LogP contribution is 2.39. The van der Waals surface area contributed by atoms with Gasteiger partial charge in [-0.3, -0.25) is 0 Å². The van der Waals surface area contributed by atoms with E-state index in [9.17, 15) is 0 Å². The predicted octanol–water partition coefficient (Wildman–Crippen LogP) is 3.63. The average Bonchev–Trinajstić information content (AvgIpc) is 2.50. The van der Waals surface area contributed by atoms with Crippen molar-refractivity contribution in [3.8, 4) is 5.88 Å². The first-order valence-corrected chi connectivity index (χ1v) is 9.24. The van der Waals surface area contributed by atoms with E-state index in [4.69, 9.17) is 10.5 Å². The third kappa shape index (κ3) is 3.82. The van der Waals surface area contributed by atoms with Gasteiger partial charge in [0.1, 0.15) is 6.10 Å². The van der Waals surface area contributed by atoms with E-state index in [-0.39, 0.29) is 0 Å². The molecule has 5 heteroatoms. The monoisotopic (exact) mass is 307 g/mol.